The summed E-state index contributed by atoms with van der Waals surface area (Å²) < 4.78 is 0. The Hall–Kier alpha value is -0.300. The van der Waals surface area contributed by atoms with E-state index in [4.69, 9.17) is 0 Å². The lowest BCUT2D eigenvalue weighted by atomic mass is 9.53. The highest BCUT2D eigenvalue weighted by molar-refractivity contribution is 5.36. The topological polar surface area (TPSA) is 3.24 Å². The predicted octanol–water partition coefficient (Wildman–Crippen LogP) is 5.51. The fourth-order valence-corrected chi connectivity index (χ4v) is 6.54. The van der Waals surface area contributed by atoms with Crippen molar-refractivity contribution >= 4 is 0 Å². The van der Waals surface area contributed by atoms with Gasteiger partial charge in [-0.3, -0.25) is 4.90 Å². The summed E-state index contributed by atoms with van der Waals surface area (Å²) in [4.78, 5) is 2.81. The largest absolute Gasteiger partial charge is 0.298 e. The third-order valence-electron chi connectivity index (χ3n) is 7.10. The van der Waals surface area contributed by atoms with Crippen LogP contribution in [0.3, 0.4) is 0 Å². The van der Waals surface area contributed by atoms with Gasteiger partial charge in [0, 0.05) is 12.1 Å². The second-order valence-electron chi connectivity index (χ2n) is 9.27. The van der Waals surface area contributed by atoms with E-state index in [9.17, 15) is 0 Å². The highest BCUT2D eigenvalue weighted by Gasteiger charge is 2.58. The maximum absolute atomic E-state index is 2.81. The van der Waals surface area contributed by atoms with E-state index in [2.05, 4.69) is 53.4 Å². The standard InChI is InChI=1S/C21H37N/c1-13(2)19-16(7)12-21(20(19)14(3)4)10-11-22(15(5)6)18-9-8-17(18)21/h13-18H,8-12H2,1-7H3/t16-,17-,18+,21+/m0/s1. The Morgan fingerprint density at radius 1 is 1.00 bits per heavy atom. The molecule has 3 aliphatic rings. The van der Waals surface area contributed by atoms with E-state index in [1.165, 1.54) is 32.2 Å². The van der Waals surface area contributed by atoms with Gasteiger partial charge in [0.1, 0.15) is 0 Å². The quantitative estimate of drug-likeness (QED) is 0.621. The smallest absolute Gasteiger partial charge is 0.0135 e. The molecule has 2 fully saturated rings. The number of rotatable bonds is 3. The number of fused-ring (bicyclic) bond motifs is 2. The van der Waals surface area contributed by atoms with Gasteiger partial charge < -0.3 is 0 Å². The molecule has 0 bridgehead atoms. The van der Waals surface area contributed by atoms with Gasteiger partial charge in [-0.1, -0.05) is 45.8 Å². The maximum atomic E-state index is 2.81. The predicted molar refractivity (Wildman–Crippen MR) is 95.9 cm³/mol. The summed E-state index contributed by atoms with van der Waals surface area (Å²) in [7, 11) is 0. The molecule has 0 aromatic heterocycles. The van der Waals surface area contributed by atoms with E-state index >= 15 is 0 Å². The normalized spacial score (nSPS) is 39.3. The van der Waals surface area contributed by atoms with Crippen molar-refractivity contribution in [1.29, 1.82) is 0 Å². The molecule has 0 aromatic carbocycles. The van der Waals surface area contributed by atoms with E-state index in [0.29, 0.717) is 5.41 Å². The first kappa shape index (κ1) is 16.6. The summed E-state index contributed by atoms with van der Waals surface area (Å²) in [6, 6.07) is 1.60. The lowest BCUT2D eigenvalue weighted by molar-refractivity contribution is -0.0790. The molecule has 0 N–H and O–H groups in total. The van der Waals surface area contributed by atoms with E-state index < -0.39 is 0 Å². The minimum absolute atomic E-state index is 0.557. The molecular formula is C21H37N. The molecule has 1 aliphatic heterocycles. The number of allylic oxidation sites excluding steroid dienone is 2. The Morgan fingerprint density at radius 3 is 2.14 bits per heavy atom. The van der Waals surface area contributed by atoms with Crippen molar-refractivity contribution < 1.29 is 0 Å². The highest BCUT2D eigenvalue weighted by Crippen LogP contribution is 2.64. The molecule has 1 saturated carbocycles. The monoisotopic (exact) mass is 303 g/mol. The molecule has 1 heteroatoms. The second-order valence-corrected chi connectivity index (χ2v) is 9.27. The highest BCUT2D eigenvalue weighted by atomic mass is 15.2. The molecule has 3 rings (SSSR count). The molecule has 0 radical (unpaired) electrons. The third-order valence-corrected chi connectivity index (χ3v) is 7.10. The van der Waals surface area contributed by atoms with Gasteiger partial charge in [-0.25, -0.2) is 0 Å². The zero-order chi connectivity index (χ0) is 16.2. The van der Waals surface area contributed by atoms with Crippen LogP contribution in [0.5, 0.6) is 0 Å². The molecule has 0 unspecified atom stereocenters. The summed E-state index contributed by atoms with van der Waals surface area (Å²) in [5.41, 5.74) is 4.29. The van der Waals surface area contributed by atoms with Gasteiger partial charge in [-0.15, -0.1) is 0 Å². The van der Waals surface area contributed by atoms with Crippen molar-refractivity contribution in [1.82, 2.24) is 4.90 Å². The van der Waals surface area contributed by atoms with Gasteiger partial charge in [0.2, 0.25) is 0 Å². The SMILES string of the molecule is CC(C)C1=C(C(C)C)[C@]2(CCN(C(C)C)[C@@H]3CC[C@@H]32)C[C@@H]1C. The van der Waals surface area contributed by atoms with Gasteiger partial charge >= 0.3 is 0 Å². The summed E-state index contributed by atoms with van der Waals surface area (Å²) in [6.07, 6.45) is 5.78. The lowest BCUT2D eigenvalue weighted by Gasteiger charge is -2.60. The van der Waals surface area contributed by atoms with Crippen molar-refractivity contribution in [2.45, 2.75) is 86.2 Å². The molecule has 2 aliphatic carbocycles. The average molecular weight is 304 g/mol. The van der Waals surface area contributed by atoms with Crippen LogP contribution >= 0.6 is 0 Å². The van der Waals surface area contributed by atoms with E-state index in [1.54, 1.807) is 0 Å². The average Bonchev–Trinajstić information content (AvgIpc) is 2.64. The number of nitrogens with zero attached hydrogens (tertiary/aromatic N) is 1. The van der Waals surface area contributed by atoms with Gasteiger partial charge in [0.05, 0.1) is 0 Å². The number of hydrogen-bond acceptors (Lipinski definition) is 1. The summed E-state index contributed by atoms with van der Waals surface area (Å²) in [5.74, 6) is 3.21. The van der Waals surface area contributed by atoms with Crippen LogP contribution in [0.25, 0.3) is 0 Å². The summed E-state index contributed by atoms with van der Waals surface area (Å²) >= 11 is 0. The van der Waals surface area contributed by atoms with Crippen LogP contribution in [0.2, 0.25) is 0 Å². The number of piperidine rings is 1. The fraction of sp³-hybridized carbons (Fsp3) is 0.905. The van der Waals surface area contributed by atoms with Crippen molar-refractivity contribution in [2.75, 3.05) is 6.54 Å². The summed E-state index contributed by atoms with van der Waals surface area (Å²) in [5, 5.41) is 0. The van der Waals surface area contributed by atoms with Crippen LogP contribution in [0, 0.1) is 29.1 Å². The van der Waals surface area contributed by atoms with Gasteiger partial charge in [-0.2, -0.15) is 0 Å². The van der Waals surface area contributed by atoms with Crippen molar-refractivity contribution in [2.24, 2.45) is 29.1 Å². The molecule has 4 atom stereocenters. The zero-order valence-corrected chi connectivity index (χ0v) is 15.9. The van der Waals surface area contributed by atoms with Crippen LogP contribution in [-0.4, -0.2) is 23.5 Å². The van der Waals surface area contributed by atoms with Crippen LogP contribution in [-0.2, 0) is 0 Å². The first-order valence-electron chi connectivity index (χ1n) is 9.79. The lowest BCUT2D eigenvalue weighted by Crippen LogP contribution is -2.61. The number of likely N-dealkylation sites (tertiary alicyclic amines) is 1. The Bertz CT molecular complexity index is 459. The molecule has 22 heavy (non-hydrogen) atoms. The zero-order valence-electron chi connectivity index (χ0n) is 15.9. The maximum Gasteiger partial charge on any atom is 0.0135 e. The van der Waals surface area contributed by atoms with E-state index in [-0.39, 0.29) is 0 Å². The van der Waals surface area contributed by atoms with E-state index in [1.807, 2.05) is 11.1 Å². The first-order valence-corrected chi connectivity index (χ1v) is 9.79. The van der Waals surface area contributed by atoms with Crippen LogP contribution in [0.4, 0.5) is 0 Å². The van der Waals surface area contributed by atoms with Gasteiger partial charge in [0.15, 0.2) is 0 Å². The minimum atomic E-state index is 0.557. The van der Waals surface area contributed by atoms with Crippen molar-refractivity contribution in [3.8, 4) is 0 Å². The summed E-state index contributed by atoms with van der Waals surface area (Å²) in [6.45, 7) is 18.4. The Morgan fingerprint density at radius 2 is 1.68 bits per heavy atom. The minimum Gasteiger partial charge on any atom is -0.298 e. The molecule has 0 aromatic rings. The van der Waals surface area contributed by atoms with Gasteiger partial charge in [-0.05, 0) is 75.2 Å². The molecule has 1 nitrogen and oxygen atoms in total. The van der Waals surface area contributed by atoms with Crippen LogP contribution in [0.1, 0.15) is 74.1 Å². The molecule has 0 amide bonds. The Balaban J connectivity index is 2.00. The fourth-order valence-electron chi connectivity index (χ4n) is 6.54. The first-order chi connectivity index (χ1) is 10.3. The molecule has 126 valence electrons. The Labute approximate surface area is 138 Å². The van der Waals surface area contributed by atoms with Crippen LogP contribution < -0.4 is 0 Å². The van der Waals surface area contributed by atoms with Crippen LogP contribution in [0.15, 0.2) is 11.1 Å². The molecular weight excluding hydrogens is 266 g/mol. The molecule has 1 spiro atoms. The third kappa shape index (κ3) is 2.22. The van der Waals surface area contributed by atoms with Gasteiger partial charge in [0.25, 0.3) is 0 Å². The number of hydrogen-bond donors (Lipinski definition) is 0. The Kier molecular flexibility index (Phi) is 4.25. The van der Waals surface area contributed by atoms with E-state index in [0.717, 1.165) is 35.8 Å². The van der Waals surface area contributed by atoms with Crippen molar-refractivity contribution in [3.05, 3.63) is 11.1 Å². The second kappa shape index (κ2) is 5.65. The molecule has 1 heterocycles. The molecule has 1 saturated heterocycles. The van der Waals surface area contributed by atoms with Crippen molar-refractivity contribution in [3.63, 3.8) is 0 Å².